The molecule has 206 valence electrons. The fourth-order valence-corrected chi connectivity index (χ4v) is 6.30. The molecule has 0 spiro atoms. The van der Waals surface area contributed by atoms with E-state index in [1.54, 1.807) is 6.20 Å². The number of hydrogen-bond acceptors (Lipinski definition) is 11. The third kappa shape index (κ3) is 5.57. The highest BCUT2D eigenvalue weighted by molar-refractivity contribution is 8.01. The van der Waals surface area contributed by atoms with Crippen molar-refractivity contribution >= 4 is 29.3 Å². The summed E-state index contributed by atoms with van der Waals surface area (Å²) in [5.74, 6) is 1.56. The van der Waals surface area contributed by atoms with E-state index >= 15 is 0 Å². The van der Waals surface area contributed by atoms with Gasteiger partial charge in [0.05, 0.1) is 29.6 Å². The van der Waals surface area contributed by atoms with Crippen LogP contribution in [0, 0.1) is 0 Å². The van der Waals surface area contributed by atoms with E-state index in [1.165, 1.54) is 12.8 Å². The Hall–Kier alpha value is -2.89. The van der Waals surface area contributed by atoms with Crippen molar-refractivity contribution in [2.45, 2.75) is 62.4 Å². The van der Waals surface area contributed by atoms with Crippen LogP contribution in [0.15, 0.2) is 34.9 Å². The minimum Gasteiger partial charge on any atom is -0.415 e. The summed E-state index contributed by atoms with van der Waals surface area (Å²) in [5, 5.41) is 9.58. The number of fused-ring (bicyclic) bond motifs is 5. The van der Waals surface area contributed by atoms with E-state index < -0.39 is 0 Å². The topological polar surface area (TPSA) is 102 Å². The van der Waals surface area contributed by atoms with Gasteiger partial charge in [-0.1, -0.05) is 0 Å². The smallest absolute Gasteiger partial charge is 0.266 e. The molecular weight excluding hydrogens is 514 g/mol. The predicted octanol–water partition coefficient (Wildman–Crippen LogP) is 4.79. The molecule has 1 unspecified atom stereocenters. The lowest BCUT2D eigenvalue weighted by atomic mass is 9.92. The molecule has 1 saturated carbocycles. The quantitative estimate of drug-likeness (QED) is 0.456. The predicted molar refractivity (Wildman–Crippen MR) is 152 cm³/mol. The van der Waals surface area contributed by atoms with E-state index in [9.17, 15) is 0 Å². The van der Waals surface area contributed by atoms with Crippen molar-refractivity contribution in [1.82, 2.24) is 20.2 Å². The maximum absolute atomic E-state index is 6.48. The van der Waals surface area contributed by atoms with E-state index in [4.69, 9.17) is 18.9 Å². The summed E-state index contributed by atoms with van der Waals surface area (Å²) < 4.78 is 22.4. The van der Waals surface area contributed by atoms with Crippen molar-refractivity contribution in [3.8, 4) is 23.0 Å². The lowest BCUT2D eigenvalue weighted by Gasteiger charge is -2.41. The molecule has 8 bridgehead atoms. The zero-order valence-electron chi connectivity index (χ0n) is 22.3. The van der Waals surface area contributed by atoms with Crippen LogP contribution in [0.25, 0.3) is 23.0 Å². The molecule has 0 amide bonds. The van der Waals surface area contributed by atoms with Crippen LogP contribution in [0.1, 0.15) is 45.4 Å². The maximum atomic E-state index is 6.48. The number of hydrogen-bond donors (Lipinski definition) is 1. The van der Waals surface area contributed by atoms with Crippen molar-refractivity contribution < 1.29 is 13.9 Å². The number of nitrogens with zero attached hydrogens (tertiary/aromatic N) is 6. The number of anilines is 3. The van der Waals surface area contributed by atoms with Gasteiger partial charge in [0, 0.05) is 49.9 Å². The number of benzene rings is 1. The molecule has 1 N–H and O–H groups in total. The number of morpholine rings is 1. The van der Waals surface area contributed by atoms with Crippen molar-refractivity contribution in [3.63, 3.8) is 0 Å². The van der Waals surface area contributed by atoms with Gasteiger partial charge in [0.25, 0.3) is 5.89 Å². The Bertz CT molecular complexity index is 1310. The lowest BCUT2D eigenvalue weighted by Crippen LogP contribution is -2.45. The average molecular weight is 550 g/mol. The maximum Gasteiger partial charge on any atom is 0.266 e. The van der Waals surface area contributed by atoms with Crippen LogP contribution in [-0.2, 0) is 9.47 Å². The van der Waals surface area contributed by atoms with Crippen LogP contribution in [0.3, 0.4) is 0 Å². The normalized spacial score (nSPS) is 25.4. The number of rotatable bonds is 3. The van der Waals surface area contributed by atoms with Crippen molar-refractivity contribution in [3.05, 3.63) is 30.5 Å². The first-order valence-corrected chi connectivity index (χ1v) is 15.0. The summed E-state index contributed by atoms with van der Waals surface area (Å²) in [5.41, 5.74) is 3.63. The van der Waals surface area contributed by atoms with Crippen LogP contribution in [0.2, 0.25) is 0 Å². The van der Waals surface area contributed by atoms with Crippen LogP contribution in [0.4, 0.5) is 17.3 Å². The highest BCUT2D eigenvalue weighted by Crippen LogP contribution is 2.40. The second-order valence-corrected chi connectivity index (χ2v) is 12.3. The molecule has 3 fully saturated rings. The standard InChI is InChI=1S/C28H35N7O3S/c1-28-9-12-34(13-10-28)24-17-19(33-39-21-5-6-21)4-7-22(24)25-31-32-26(38-25)23-8-11-29-27(30-23)35-14-16-36-20(18-35)3-2-15-37-28/h4,7-8,11,17,20-21,33H,2-3,5-6,9-10,12-16,18H2,1H3. The molecule has 4 aliphatic heterocycles. The van der Waals surface area contributed by atoms with Gasteiger partial charge in [-0.15, -0.1) is 10.2 Å². The molecule has 1 aliphatic carbocycles. The van der Waals surface area contributed by atoms with Gasteiger partial charge in [-0.2, -0.15) is 0 Å². The number of aromatic nitrogens is 4. The highest BCUT2D eigenvalue weighted by atomic mass is 32.2. The van der Waals surface area contributed by atoms with E-state index in [0.29, 0.717) is 30.0 Å². The molecule has 5 aliphatic rings. The van der Waals surface area contributed by atoms with Gasteiger partial charge in [-0.25, -0.2) is 9.97 Å². The summed E-state index contributed by atoms with van der Waals surface area (Å²) in [6, 6.07) is 8.24. The molecule has 6 heterocycles. The lowest BCUT2D eigenvalue weighted by molar-refractivity contribution is -0.0542. The number of ether oxygens (including phenoxy) is 2. The summed E-state index contributed by atoms with van der Waals surface area (Å²) >= 11 is 1.81. The summed E-state index contributed by atoms with van der Waals surface area (Å²) in [6.07, 6.45) is 8.32. The monoisotopic (exact) mass is 549 g/mol. The van der Waals surface area contributed by atoms with Crippen LogP contribution >= 0.6 is 11.9 Å². The highest BCUT2D eigenvalue weighted by Gasteiger charge is 2.33. The minimum absolute atomic E-state index is 0.124. The summed E-state index contributed by atoms with van der Waals surface area (Å²) in [4.78, 5) is 14.0. The zero-order valence-corrected chi connectivity index (χ0v) is 23.2. The molecule has 39 heavy (non-hydrogen) atoms. The third-order valence-electron chi connectivity index (χ3n) is 8.09. The summed E-state index contributed by atoms with van der Waals surface area (Å²) in [6.45, 7) is 6.97. The van der Waals surface area contributed by atoms with E-state index in [-0.39, 0.29) is 11.7 Å². The molecule has 1 atom stereocenters. The molecule has 1 aromatic carbocycles. The Balaban J connectivity index is 1.24. The van der Waals surface area contributed by atoms with Gasteiger partial charge < -0.3 is 28.4 Å². The molecule has 0 radical (unpaired) electrons. The van der Waals surface area contributed by atoms with E-state index in [1.807, 2.05) is 18.0 Å². The van der Waals surface area contributed by atoms with Gasteiger partial charge in [0.15, 0.2) is 0 Å². The first-order chi connectivity index (χ1) is 19.1. The van der Waals surface area contributed by atoms with Crippen LogP contribution in [0.5, 0.6) is 0 Å². The van der Waals surface area contributed by atoms with Gasteiger partial charge in [0.1, 0.15) is 5.69 Å². The Kier molecular flexibility index (Phi) is 6.82. The molecule has 2 saturated heterocycles. The van der Waals surface area contributed by atoms with Gasteiger partial charge in [-0.3, -0.25) is 0 Å². The second kappa shape index (κ2) is 10.6. The van der Waals surface area contributed by atoms with E-state index in [2.05, 4.69) is 54.8 Å². The fourth-order valence-electron chi connectivity index (χ4n) is 5.50. The average Bonchev–Trinajstić information content (AvgIpc) is 3.68. The Morgan fingerprint density at radius 2 is 1.87 bits per heavy atom. The fraction of sp³-hybridized carbons (Fsp3) is 0.571. The van der Waals surface area contributed by atoms with Gasteiger partial charge >= 0.3 is 0 Å². The third-order valence-corrected chi connectivity index (χ3v) is 9.25. The largest absolute Gasteiger partial charge is 0.415 e. The molecule has 2 aromatic heterocycles. The number of piperidine rings is 1. The molecule has 11 heteroatoms. The van der Waals surface area contributed by atoms with Crippen molar-refractivity contribution in [1.29, 1.82) is 0 Å². The Morgan fingerprint density at radius 3 is 2.74 bits per heavy atom. The number of nitrogens with one attached hydrogen (secondary N) is 1. The Morgan fingerprint density at radius 1 is 1.00 bits per heavy atom. The van der Waals surface area contributed by atoms with Crippen LogP contribution in [-0.4, -0.2) is 76.5 Å². The summed E-state index contributed by atoms with van der Waals surface area (Å²) in [7, 11) is 0. The second-order valence-electron chi connectivity index (χ2n) is 11.2. The Labute approximate surface area is 233 Å². The SMILES string of the molecule is CC12CCN(CC1)c1cc(NSC3CC3)ccc1-c1nnc(o1)-c1ccnc(n1)N1CCOC(CCCO2)C1. The molecular formula is C28H35N7O3S. The minimum atomic E-state index is -0.124. The molecule has 3 aromatic rings. The molecule has 10 nitrogen and oxygen atoms in total. The first-order valence-electron chi connectivity index (χ1n) is 14.1. The first kappa shape index (κ1) is 25.1. The molecule has 8 rings (SSSR count). The van der Waals surface area contributed by atoms with Crippen LogP contribution < -0.4 is 14.5 Å². The van der Waals surface area contributed by atoms with Crippen molar-refractivity contribution in [2.75, 3.05) is 53.9 Å². The van der Waals surface area contributed by atoms with Crippen molar-refractivity contribution in [2.24, 2.45) is 0 Å². The van der Waals surface area contributed by atoms with Gasteiger partial charge in [0.2, 0.25) is 11.8 Å². The zero-order chi connectivity index (χ0) is 26.2. The van der Waals surface area contributed by atoms with Gasteiger partial charge in [-0.05, 0) is 81.7 Å². The van der Waals surface area contributed by atoms with E-state index in [0.717, 1.165) is 80.7 Å².